The number of rotatable bonds is 8. The lowest BCUT2D eigenvalue weighted by atomic mass is 10.3. The number of aryl methyl sites for hydroxylation is 1. The van der Waals surface area contributed by atoms with E-state index in [0.29, 0.717) is 24.2 Å². The van der Waals surface area contributed by atoms with Crippen LogP contribution in [0.3, 0.4) is 0 Å². The van der Waals surface area contributed by atoms with Gasteiger partial charge in [-0.25, -0.2) is 22.3 Å². The van der Waals surface area contributed by atoms with Gasteiger partial charge < -0.3 is 9.15 Å². The highest BCUT2D eigenvalue weighted by Crippen LogP contribution is 2.18. The van der Waals surface area contributed by atoms with Crippen LogP contribution in [0.2, 0.25) is 0 Å². The number of sulfonamides is 1. The van der Waals surface area contributed by atoms with E-state index in [9.17, 15) is 17.6 Å². The lowest BCUT2D eigenvalue weighted by molar-refractivity contribution is 0.311. The molecule has 0 spiro atoms. The Bertz CT molecular complexity index is 1090. The fraction of sp³-hybridized carbons (Fsp3) is 0.278. The van der Waals surface area contributed by atoms with Gasteiger partial charge in [0.15, 0.2) is 5.58 Å². The van der Waals surface area contributed by atoms with E-state index in [0.717, 1.165) is 0 Å². The Kier molecular flexibility index (Phi) is 5.62. The predicted octanol–water partition coefficient (Wildman–Crippen LogP) is 2.50. The molecule has 7 nitrogen and oxygen atoms in total. The molecule has 27 heavy (non-hydrogen) atoms. The first-order valence-electron chi connectivity index (χ1n) is 8.42. The lowest BCUT2D eigenvalue weighted by Crippen LogP contribution is -2.25. The number of halogens is 1. The van der Waals surface area contributed by atoms with Gasteiger partial charge in [-0.3, -0.25) is 4.57 Å². The second-order valence-corrected chi connectivity index (χ2v) is 7.56. The maximum Gasteiger partial charge on any atom is 0.419 e. The van der Waals surface area contributed by atoms with Crippen molar-refractivity contribution in [3.63, 3.8) is 0 Å². The van der Waals surface area contributed by atoms with Gasteiger partial charge in [-0.1, -0.05) is 0 Å². The summed E-state index contributed by atoms with van der Waals surface area (Å²) in [4.78, 5) is 11.7. The van der Waals surface area contributed by atoms with E-state index in [2.05, 4.69) is 4.72 Å². The van der Waals surface area contributed by atoms with E-state index in [1.165, 1.54) is 41.0 Å². The van der Waals surface area contributed by atoms with Gasteiger partial charge in [0.25, 0.3) is 0 Å². The van der Waals surface area contributed by atoms with Gasteiger partial charge in [0, 0.05) is 19.2 Å². The number of oxazole rings is 1. The van der Waals surface area contributed by atoms with Crippen molar-refractivity contribution >= 4 is 21.1 Å². The fourth-order valence-corrected chi connectivity index (χ4v) is 3.69. The third-order valence-corrected chi connectivity index (χ3v) is 5.42. The minimum absolute atomic E-state index is 0.0199. The molecule has 0 bridgehead atoms. The molecule has 3 rings (SSSR count). The SMILES string of the molecule is CCn1c(=O)oc2cc(S(=O)(=O)NCCCOc3ccc(F)cc3)ccc21. The molecule has 0 atom stereocenters. The summed E-state index contributed by atoms with van der Waals surface area (Å²) in [5, 5.41) is 0. The van der Waals surface area contributed by atoms with Crippen LogP contribution >= 0.6 is 0 Å². The van der Waals surface area contributed by atoms with Gasteiger partial charge in [0.1, 0.15) is 11.6 Å². The number of ether oxygens (including phenoxy) is 1. The van der Waals surface area contributed by atoms with Crippen molar-refractivity contribution in [2.24, 2.45) is 0 Å². The minimum atomic E-state index is -3.74. The van der Waals surface area contributed by atoms with Crippen LogP contribution in [0.15, 0.2) is 56.6 Å². The minimum Gasteiger partial charge on any atom is -0.494 e. The van der Waals surface area contributed by atoms with Crippen molar-refractivity contribution in [2.45, 2.75) is 24.8 Å². The highest BCUT2D eigenvalue weighted by atomic mass is 32.2. The maximum absolute atomic E-state index is 12.8. The zero-order valence-electron chi connectivity index (χ0n) is 14.6. The van der Waals surface area contributed by atoms with Crippen LogP contribution in [0.5, 0.6) is 5.75 Å². The van der Waals surface area contributed by atoms with Gasteiger partial charge in [-0.2, -0.15) is 0 Å². The molecule has 0 amide bonds. The van der Waals surface area contributed by atoms with Crippen molar-refractivity contribution in [3.8, 4) is 5.75 Å². The number of hydrogen-bond acceptors (Lipinski definition) is 5. The van der Waals surface area contributed by atoms with Crippen LogP contribution in [0.1, 0.15) is 13.3 Å². The summed E-state index contributed by atoms with van der Waals surface area (Å²) in [5.41, 5.74) is 0.776. The Labute approximate surface area is 155 Å². The topological polar surface area (TPSA) is 90.5 Å². The standard InChI is InChI=1S/C18H19FN2O5S/c1-2-21-16-9-8-15(12-17(16)26-18(21)22)27(23,24)20-10-3-11-25-14-6-4-13(19)5-7-14/h4-9,12,20H,2-3,10-11H2,1H3. The van der Waals surface area contributed by atoms with Crippen molar-refractivity contribution in [1.82, 2.24) is 9.29 Å². The fourth-order valence-electron chi connectivity index (χ4n) is 2.60. The predicted molar refractivity (Wildman–Crippen MR) is 97.8 cm³/mol. The van der Waals surface area contributed by atoms with Crippen molar-refractivity contribution < 1.29 is 22.0 Å². The van der Waals surface area contributed by atoms with Gasteiger partial charge in [0.2, 0.25) is 10.0 Å². The monoisotopic (exact) mass is 394 g/mol. The number of fused-ring (bicyclic) bond motifs is 1. The second kappa shape index (κ2) is 7.93. The van der Waals surface area contributed by atoms with Gasteiger partial charge in [-0.05, 0) is 49.7 Å². The Balaban J connectivity index is 1.58. The van der Waals surface area contributed by atoms with Crippen LogP contribution in [0.4, 0.5) is 4.39 Å². The molecule has 0 aliphatic heterocycles. The first-order chi connectivity index (χ1) is 12.9. The van der Waals surface area contributed by atoms with Crippen molar-refractivity contribution in [3.05, 3.63) is 58.8 Å². The normalized spacial score (nSPS) is 11.8. The molecular formula is C18H19FN2O5S. The summed E-state index contributed by atoms with van der Waals surface area (Å²) < 4.78 is 52.0. The second-order valence-electron chi connectivity index (χ2n) is 5.80. The quantitative estimate of drug-likeness (QED) is 0.593. The zero-order chi connectivity index (χ0) is 19.4. The number of benzene rings is 2. The molecule has 1 aromatic heterocycles. The maximum atomic E-state index is 12.8. The van der Waals surface area contributed by atoms with E-state index in [-0.39, 0.29) is 29.4 Å². The van der Waals surface area contributed by atoms with Crippen LogP contribution in [-0.2, 0) is 16.6 Å². The average Bonchev–Trinajstić information content (AvgIpc) is 2.97. The van der Waals surface area contributed by atoms with E-state index < -0.39 is 15.8 Å². The third kappa shape index (κ3) is 4.37. The summed E-state index contributed by atoms with van der Waals surface area (Å²) in [6.07, 6.45) is 0.431. The Morgan fingerprint density at radius 1 is 1.19 bits per heavy atom. The van der Waals surface area contributed by atoms with Crippen LogP contribution < -0.4 is 15.2 Å². The Hall–Kier alpha value is -2.65. The van der Waals surface area contributed by atoms with E-state index in [1.807, 2.05) is 0 Å². The van der Waals surface area contributed by atoms with E-state index in [1.54, 1.807) is 13.0 Å². The van der Waals surface area contributed by atoms with Gasteiger partial charge in [-0.15, -0.1) is 0 Å². The molecule has 0 radical (unpaired) electrons. The molecule has 2 aromatic carbocycles. The van der Waals surface area contributed by atoms with E-state index >= 15 is 0 Å². The summed E-state index contributed by atoms with van der Waals surface area (Å²) in [7, 11) is -3.74. The molecule has 0 aliphatic rings. The first-order valence-corrected chi connectivity index (χ1v) is 9.90. The lowest BCUT2D eigenvalue weighted by Gasteiger charge is -2.08. The van der Waals surface area contributed by atoms with Crippen LogP contribution in [0.25, 0.3) is 11.1 Å². The number of nitrogens with zero attached hydrogens (tertiary/aromatic N) is 1. The summed E-state index contributed by atoms with van der Waals surface area (Å²) in [6.45, 7) is 2.68. The van der Waals surface area contributed by atoms with Crippen molar-refractivity contribution in [1.29, 1.82) is 0 Å². The van der Waals surface area contributed by atoms with Crippen molar-refractivity contribution in [2.75, 3.05) is 13.2 Å². The molecule has 144 valence electrons. The molecule has 0 saturated heterocycles. The van der Waals surface area contributed by atoms with Gasteiger partial charge in [0.05, 0.1) is 17.0 Å². The highest BCUT2D eigenvalue weighted by molar-refractivity contribution is 7.89. The smallest absolute Gasteiger partial charge is 0.419 e. The van der Waals surface area contributed by atoms with Gasteiger partial charge >= 0.3 is 5.76 Å². The first kappa shape index (κ1) is 19.1. The summed E-state index contributed by atoms with van der Waals surface area (Å²) in [6, 6.07) is 9.91. The molecule has 1 N–H and O–H groups in total. The Morgan fingerprint density at radius 3 is 2.63 bits per heavy atom. The number of hydrogen-bond donors (Lipinski definition) is 1. The molecular weight excluding hydrogens is 375 g/mol. The molecule has 0 unspecified atom stereocenters. The largest absolute Gasteiger partial charge is 0.494 e. The third-order valence-electron chi connectivity index (χ3n) is 3.96. The zero-order valence-corrected chi connectivity index (χ0v) is 15.5. The molecule has 1 heterocycles. The molecule has 3 aromatic rings. The van der Waals surface area contributed by atoms with Crippen LogP contribution in [-0.4, -0.2) is 26.1 Å². The highest BCUT2D eigenvalue weighted by Gasteiger charge is 2.16. The van der Waals surface area contributed by atoms with Crippen LogP contribution in [0, 0.1) is 5.82 Å². The summed E-state index contributed by atoms with van der Waals surface area (Å²) in [5.74, 6) is -0.356. The molecule has 0 fully saturated rings. The molecule has 0 saturated carbocycles. The number of nitrogens with one attached hydrogen (secondary N) is 1. The average molecular weight is 394 g/mol. The number of aromatic nitrogens is 1. The Morgan fingerprint density at radius 2 is 1.93 bits per heavy atom. The molecule has 9 heteroatoms. The van der Waals surface area contributed by atoms with E-state index in [4.69, 9.17) is 9.15 Å². The summed E-state index contributed by atoms with van der Waals surface area (Å²) >= 11 is 0. The molecule has 0 aliphatic carbocycles.